The van der Waals surface area contributed by atoms with Crippen LogP contribution in [0.5, 0.6) is 0 Å². The van der Waals surface area contributed by atoms with Gasteiger partial charge in [-0.3, -0.25) is 4.68 Å². The number of nitrogens with zero attached hydrogens (tertiary/aromatic N) is 3. The lowest BCUT2D eigenvalue weighted by atomic mass is 10.1. The standard InChI is InChI=1S/C21H27N5S.HI/c1-3-22-21(23-11-17(2)20-9-10-27-16-20)24-12-19-13-25-26(15-19)14-18-7-5-4-6-8-18;/h4-10,13,15-17H,3,11-12,14H2,1-2H3,(H2,22,23,24);1H. The molecule has 3 aromatic rings. The van der Waals surface area contributed by atoms with Gasteiger partial charge in [0.1, 0.15) is 0 Å². The molecule has 1 unspecified atom stereocenters. The molecule has 0 fully saturated rings. The first-order valence-corrected chi connectivity index (χ1v) is 10.3. The van der Waals surface area contributed by atoms with Crippen molar-refractivity contribution in [1.82, 2.24) is 20.4 Å². The number of aromatic nitrogens is 2. The number of halogens is 1. The van der Waals surface area contributed by atoms with E-state index in [1.54, 1.807) is 11.3 Å². The number of guanidine groups is 1. The van der Waals surface area contributed by atoms with E-state index in [2.05, 4.69) is 76.9 Å². The molecule has 1 aromatic carbocycles. The van der Waals surface area contributed by atoms with E-state index < -0.39 is 0 Å². The highest BCUT2D eigenvalue weighted by Gasteiger charge is 2.07. The van der Waals surface area contributed by atoms with E-state index in [1.165, 1.54) is 11.1 Å². The number of benzene rings is 1. The number of aliphatic imine (C=N–C) groups is 1. The Balaban J connectivity index is 0.00000280. The van der Waals surface area contributed by atoms with E-state index in [1.807, 2.05) is 16.9 Å². The Hall–Kier alpha value is -1.87. The smallest absolute Gasteiger partial charge is 0.191 e. The molecular formula is C21H28IN5S. The van der Waals surface area contributed by atoms with Crippen LogP contribution in [0.2, 0.25) is 0 Å². The number of thiophene rings is 1. The largest absolute Gasteiger partial charge is 0.357 e. The van der Waals surface area contributed by atoms with Gasteiger partial charge in [0.2, 0.25) is 0 Å². The average molecular weight is 509 g/mol. The number of hydrogen-bond acceptors (Lipinski definition) is 3. The molecule has 0 spiro atoms. The molecule has 28 heavy (non-hydrogen) atoms. The Morgan fingerprint density at radius 3 is 2.71 bits per heavy atom. The second-order valence-electron chi connectivity index (χ2n) is 6.57. The summed E-state index contributed by atoms with van der Waals surface area (Å²) in [5.41, 5.74) is 3.72. The predicted molar refractivity (Wildman–Crippen MR) is 129 cm³/mol. The van der Waals surface area contributed by atoms with Crippen LogP contribution < -0.4 is 10.6 Å². The van der Waals surface area contributed by atoms with E-state index in [4.69, 9.17) is 4.99 Å². The number of hydrogen-bond donors (Lipinski definition) is 2. The molecule has 0 amide bonds. The minimum Gasteiger partial charge on any atom is -0.357 e. The minimum absolute atomic E-state index is 0. The highest BCUT2D eigenvalue weighted by Crippen LogP contribution is 2.17. The molecule has 7 heteroatoms. The van der Waals surface area contributed by atoms with Gasteiger partial charge in [-0.15, -0.1) is 24.0 Å². The third-order valence-corrected chi connectivity index (χ3v) is 5.03. The first kappa shape index (κ1) is 22.4. The Bertz CT molecular complexity index is 830. The Labute approximate surface area is 188 Å². The van der Waals surface area contributed by atoms with Gasteiger partial charge in [-0.1, -0.05) is 37.3 Å². The van der Waals surface area contributed by atoms with Gasteiger partial charge in [0.25, 0.3) is 0 Å². The summed E-state index contributed by atoms with van der Waals surface area (Å²) >= 11 is 1.74. The molecule has 2 N–H and O–H groups in total. The molecule has 2 heterocycles. The summed E-state index contributed by atoms with van der Waals surface area (Å²) in [7, 11) is 0. The molecule has 0 aliphatic rings. The monoisotopic (exact) mass is 509 g/mol. The third-order valence-electron chi connectivity index (χ3n) is 4.33. The van der Waals surface area contributed by atoms with E-state index in [-0.39, 0.29) is 24.0 Å². The molecule has 0 radical (unpaired) electrons. The maximum Gasteiger partial charge on any atom is 0.191 e. The zero-order valence-corrected chi connectivity index (χ0v) is 19.5. The fourth-order valence-corrected chi connectivity index (χ4v) is 3.56. The van der Waals surface area contributed by atoms with Crippen molar-refractivity contribution in [3.8, 4) is 0 Å². The van der Waals surface area contributed by atoms with Crippen LogP contribution in [0, 0.1) is 0 Å². The summed E-state index contributed by atoms with van der Waals surface area (Å²) in [6, 6.07) is 12.5. The first-order valence-electron chi connectivity index (χ1n) is 9.34. The average Bonchev–Trinajstić information content (AvgIpc) is 3.37. The Morgan fingerprint density at radius 1 is 1.18 bits per heavy atom. The van der Waals surface area contributed by atoms with Crippen molar-refractivity contribution in [1.29, 1.82) is 0 Å². The van der Waals surface area contributed by atoms with E-state index >= 15 is 0 Å². The van der Waals surface area contributed by atoms with Crippen LogP contribution in [0.15, 0.2) is 64.5 Å². The Morgan fingerprint density at radius 2 is 2.00 bits per heavy atom. The summed E-state index contributed by atoms with van der Waals surface area (Å²) in [5.74, 6) is 1.30. The van der Waals surface area contributed by atoms with E-state index in [9.17, 15) is 0 Å². The van der Waals surface area contributed by atoms with Gasteiger partial charge in [-0.2, -0.15) is 16.4 Å². The highest BCUT2D eigenvalue weighted by molar-refractivity contribution is 14.0. The van der Waals surface area contributed by atoms with Crippen LogP contribution in [0.1, 0.15) is 36.5 Å². The lowest BCUT2D eigenvalue weighted by molar-refractivity contribution is 0.686. The molecule has 1 atom stereocenters. The fraction of sp³-hybridized carbons (Fsp3) is 0.333. The lowest BCUT2D eigenvalue weighted by Crippen LogP contribution is -2.39. The van der Waals surface area contributed by atoms with Crippen molar-refractivity contribution in [2.24, 2.45) is 4.99 Å². The second-order valence-corrected chi connectivity index (χ2v) is 7.35. The van der Waals surface area contributed by atoms with E-state index in [0.717, 1.165) is 31.2 Å². The minimum atomic E-state index is 0. The molecule has 2 aromatic heterocycles. The molecule has 0 saturated carbocycles. The second kappa shape index (κ2) is 11.9. The highest BCUT2D eigenvalue weighted by atomic mass is 127. The van der Waals surface area contributed by atoms with Crippen molar-refractivity contribution in [3.05, 3.63) is 76.2 Å². The third kappa shape index (κ3) is 6.94. The van der Waals surface area contributed by atoms with Gasteiger partial charge in [-0.25, -0.2) is 4.99 Å². The normalized spacial score (nSPS) is 12.3. The lowest BCUT2D eigenvalue weighted by Gasteiger charge is -2.15. The van der Waals surface area contributed by atoms with Crippen molar-refractivity contribution < 1.29 is 0 Å². The Kier molecular flexibility index (Phi) is 9.49. The van der Waals surface area contributed by atoms with Gasteiger partial charge >= 0.3 is 0 Å². The number of nitrogens with one attached hydrogen (secondary N) is 2. The predicted octanol–water partition coefficient (Wildman–Crippen LogP) is 4.47. The molecular weight excluding hydrogens is 481 g/mol. The molecule has 150 valence electrons. The maximum atomic E-state index is 4.70. The summed E-state index contributed by atoms with van der Waals surface area (Å²) in [5, 5.41) is 15.5. The van der Waals surface area contributed by atoms with Crippen LogP contribution >= 0.6 is 35.3 Å². The van der Waals surface area contributed by atoms with Gasteiger partial charge in [0.05, 0.1) is 19.3 Å². The molecule has 0 saturated heterocycles. The van der Waals surface area contributed by atoms with Crippen LogP contribution in [0.4, 0.5) is 0 Å². The van der Waals surface area contributed by atoms with Crippen molar-refractivity contribution >= 4 is 41.3 Å². The van der Waals surface area contributed by atoms with Crippen LogP contribution in [-0.4, -0.2) is 28.8 Å². The fourth-order valence-electron chi connectivity index (χ4n) is 2.78. The quantitative estimate of drug-likeness (QED) is 0.268. The van der Waals surface area contributed by atoms with Gasteiger partial charge in [-0.05, 0) is 40.8 Å². The SMILES string of the molecule is CCNC(=NCc1cnn(Cc2ccccc2)c1)NCC(C)c1ccsc1.I. The molecule has 0 aliphatic heterocycles. The van der Waals surface area contributed by atoms with Gasteiger partial charge < -0.3 is 10.6 Å². The van der Waals surface area contributed by atoms with Crippen molar-refractivity contribution in [3.63, 3.8) is 0 Å². The van der Waals surface area contributed by atoms with Gasteiger partial charge in [0, 0.05) is 24.8 Å². The zero-order valence-electron chi connectivity index (χ0n) is 16.3. The first-order chi connectivity index (χ1) is 13.2. The number of rotatable bonds is 8. The van der Waals surface area contributed by atoms with Crippen molar-refractivity contribution in [2.45, 2.75) is 32.9 Å². The molecule has 3 rings (SSSR count). The maximum absolute atomic E-state index is 4.70. The van der Waals surface area contributed by atoms with Crippen LogP contribution in [-0.2, 0) is 13.1 Å². The molecule has 5 nitrogen and oxygen atoms in total. The van der Waals surface area contributed by atoms with E-state index in [0.29, 0.717) is 12.5 Å². The molecule has 0 bridgehead atoms. The van der Waals surface area contributed by atoms with Crippen LogP contribution in [0.25, 0.3) is 0 Å². The summed E-state index contributed by atoms with van der Waals surface area (Å²) in [6.45, 7) is 7.39. The summed E-state index contributed by atoms with van der Waals surface area (Å²) in [6.07, 6.45) is 3.96. The van der Waals surface area contributed by atoms with Gasteiger partial charge in [0.15, 0.2) is 5.96 Å². The summed E-state index contributed by atoms with van der Waals surface area (Å²) < 4.78 is 1.96. The van der Waals surface area contributed by atoms with Crippen LogP contribution in [0.3, 0.4) is 0 Å². The topological polar surface area (TPSA) is 54.2 Å². The zero-order chi connectivity index (χ0) is 18.9. The molecule has 0 aliphatic carbocycles. The van der Waals surface area contributed by atoms with Crippen molar-refractivity contribution in [2.75, 3.05) is 13.1 Å². The summed E-state index contributed by atoms with van der Waals surface area (Å²) in [4.78, 5) is 4.70.